The number of rotatable bonds is 4. The smallest absolute Gasteiger partial charge is 0.305 e. The molecule has 4 rings (SSSR count). The van der Waals surface area contributed by atoms with Gasteiger partial charge in [-0.2, -0.15) is 0 Å². The van der Waals surface area contributed by atoms with Crippen molar-refractivity contribution < 1.29 is 14.0 Å². The Morgan fingerprint density at radius 2 is 1.69 bits per heavy atom. The van der Waals surface area contributed by atoms with Crippen LogP contribution < -0.4 is 16.4 Å². The van der Waals surface area contributed by atoms with Crippen LogP contribution in [0.5, 0.6) is 0 Å². The summed E-state index contributed by atoms with van der Waals surface area (Å²) in [4.78, 5) is 40.5. The van der Waals surface area contributed by atoms with Crippen molar-refractivity contribution in [3.05, 3.63) is 100 Å². The molecule has 0 saturated carbocycles. The molecule has 0 fully saturated rings. The molecule has 0 aliphatic heterocycles. The molecule has 2 amide bonds. The molecule has 144 valence electrons. The Bertz CT molecular complexity index is 1260. The van der Waals surface area contributed by atoms with Crippen LogP contribution in [0.1, 0.15) is 26.8 Å². The first kappa shape index (κ1) is 18.2. The number of para-hydroxylation sites is 1. The van der Waals surface area contributed by atoms with E-state index in [0.29, 0.717) is 11.3 Å². The number of hydrazine groups is 1. The summed E-state index contributed by atoms with van der Waals surface area (Å²) in [6.45, 7) is 0.195. The van der Waals surface area contributed by atoms with E-state index < -0.39 is 11.8 Å². The number of hydrogen-bond acceptors (Lipinski definition) is 5. The summed E-state index contributed by atoms with van der Waals surface area (Å²) in [5.41, 5.74) is 5.28. The first-order chi connectivity index (χ1) is 14.1. The van der Waals surface area contributed by atoms with Gasteiger partial charge in [0.1, 0.15) is 11.5 Å². The summed E-state index contributed by atoms with van der Waals surface area (Å²) in [5, 5.41) is 0.911. The number of carbonyl (C=O) groups is 2. The molecule has 0 atom stereocenters. The normalized spacial score (nSPS) is 10.6. The van der Waals surface area contributed by atoms with Gasteiger partial charge in [0.25, 0.3) is 11.5 Å². The van der Waals surface area contributed by atoms with Crippen LogP contribution in [0, 0.1) is 0 Å². The number of aromatic nitrogens is 2. The summed E-state index contributed by atoms with van der Waals surface area (Å²) in [7, 11) is 0. The third-order valence-electron chi connectivity index (χ3n) is 4.23. The molecule has 0 saturated heterocycles. The summed E-state index contributed by atoms with van der Waals surface area (Å²) in [6.07, 6.45) is 1.63. The predicted molar refractivity (Wildman–Crippen MR) is 105 cm³/mol. The summed E-state index contributed by atoms with van der Waals surface area (Å²) in [5.74, 6) is -0.723. The molecular weight excluding hydrogens is 372 g/mol. The van der Waals surface area contributed by atoms with Crippen LogP contribution >= 0.6 is 0 Å². The number of fused-ring (bicyclic) bond motifs is 1. The monoisotopic (exact) mass is 388 g/mol. The Morgan fingerprint density at radius 1 is 0.897 bits per heavy atom. The number of nitrogens with zero attached hydrogens (tertiary/aromatic N) is 2. The number of furan rings is 1. The van der Waals surface area contributed by atoms with Gasteiger partial charge in [-0.05, 0) is 30.3 Å². The van der Waals surface area contributed by atoms with Crippen LogP contribution in [0.25, 0.3) is 10.9 Å². The molecule has 4 aromatic rings. The number of amides is 2. The Morgan fingerprint density at radius 3 is 2.55 bits per heavy atom. The maximum absolute atomic E-state index is 12.3. The Hall–Kier alpha value is -4.20. The Labute approximate surface area is 164 Å². The van der Waals surface area contributed by atoms with Crippen LogP contribution in [-0.2, 0) is 6.54 Å². The highest BCUT2D eigenvalue weighted by atomic mass is 16.4. The minimum Gasteiger partial charge on any atom is -0.454 e. The highest BCUT2D eigenvalue weighted by Gasteiger charge is 2.14. The minimum atomic E-state index is -0.620. The van der Waals surface area contributed by atoms with E-state index in [9.17, 15) is 14.4 Å². The number of hydrogen-bond donors (Lipinski definition) is 2. The van der Waals surface area contributed by atoms with Crippen LogP contribution in [0.3, 0.4) is 0 Å². The van der Waals surface area contributed by atoms with Gasteiger partial charge in [0.05, 0.1) is 12.1 Å². The van der Waals surface area contributed by atoms with E-state index in [1.807, 2.05) is 18.2 Å². The van der Waals surface area contributed by atoms with Crippen molar-refractivity contribution in [1.29, 1.82) is 0 Å². The van der Waals surface area contributed by atoms with E-state index in [1.54, 1.807) is 42.6 Å². The molecule has 1 aromatic carbocycles. The van der Waals surface area contributed by atoms with Gasteiger partial charge in [0.15, 0.2) is 5.76 Å². The van der Waals surface area contributed by atoms with Crippen molar-refractivity contribution in [1.82, 2.24) is 20.4 Å². The third kappa shape index (κ3) is 4.06. The van der Waals surface area contributed by atoms with Crippen molar-refractivity contribution in [2.75, 3.05) is 0 Å². The second-order valence-corrected chi connectivity index (χ2v) is 6.23. The molecule has 0 aliphatic carbocycles. The van der Waals surface area contributed by atoms with Gasteiger partial charge < -0.3 is 8.98 Å². The van der Waals surface area contributed by atoms with E-state index in [0.717, 1.165) is 5.39 Å². The van der Waals surface area contributed by atoms with Gasteiger partial charge in [-0.25, -0.2) is 4.98 Å². The number of benzene rings is 1. The maximum Gasteiger partial charge on any atom is 0.305 e. The molecule has 8 nitrogen and oxygen atoms in total. The molecule has 0 spiro atoms. The van der Waals surface area contributed by atoms with E-state index in [1.165, 1.54) is 16.7 Å². The fourth-order valence-corrected chi connectivity index (χ4v) is 2.78. The van der Waals surface area contributed by atoms with E-state index >= 15 is 0 Å². The molecule has 0 unspecified atom stereocenters. The average Bonchev–Trinajstić information content (AvgIpc) is 3.22. The second kappa shape index (κ2) is 7.81. The lowest BCUT2D eigenvalue weighted by molar-refractivity contribution is 0.0827. The molecular formula is C21H16N4O4. The molecule has 3 aromatic heterocycles. The van der Waals surface area contributed by atoms with Crippen molar-refractivity contribution in [3.63, 3.8) is 0 Å². The topological polar surface area (TPSA) is 106 Å². The number of pyridine rings is 2. The van der Waals surface area contributed by atoms with Gasteiger partial charge in [0, 0.05) is 17.6 Å². The lowest BCUT2D eigenvalue weighted by atomic mass is 10.2. The van der Waals surface area contributed by atoms with Crippen molar-refractivity contribution in [3.8, 4) is 0 Å². The van der Waals surface area contributed by atoms with Crippen LogP contribution in [-0.4, -0.2) is 21.4 Å². The van der Waals surface area contributed by atoms with Crippen LogP contribution in [0.4, 0.5) is 0 Å². The van der Waals surface area contributed by atoms with Gasteiger partial charge in [-0.1, -0.05) is 30.3 Å². The highest BCUT2D eigenvalue weighted by Crippen LogP contribution is 2.12. The predicted octanol–water partition coefficient (Wildman–Crippen LogP) is 2.11. The largest absolute Gasteiger partial charge is 0.454 e. The van der Waals surface area contributed by atoms with Gasteiger partial charge in [-0.3, -0.25) is 25.2 Å². The number of carbonyl (C=O) groups excluding carboxylic acids is 2. The SMILES string of the molecule is O=C(NNC(=O)c1ccc(Cn2ccccc2=O)o1)c1ccc2ccccc2n1. The van der Waals surface area contributed by atoms with Crippen molar-refractivity contribution in [2.24, 2.45) is 0 Å². The molecule has 3 heterocycles. The molecule has 8 heteroatoms. The van der Waals surface area contributed by atoms with Crippen molar-refractivity contribution in [2.45, 2.75) is 6.54 Å². The molecule has 2 N–H and O–H groups in total. The lowest BCUT2D eigenvalue weighted by Crippen LogP contribution is -2.41. The lowest BCUT2D eigenvalue weighted by Gasteiger charge is -2.06. The van der Waals surface area contributed by atoms with E-state index in [4.69, 9.17) is 4.42 Å². The van der Waals surface area contributed by atoms with Gasteiger partial charge in [-0.15, -0.1) is 0 Å². The Kier molecular flexibility index (Phi) is 4.90. The summed E-state index contributed by atoms with van der Waals surface area (Å²) in [6, 6.07) is 18.6. The highest BCUT2D eigenvalue weighted by molar-refractivity contribution is 5.98. The average molecular weight is 388 g/mol. The summed E-state index contributed by atoms with van der Waals surface area (Å²) >= 11 is 0. The number of nitrogens with one attached hydrogen (secondary N) is 2. The third-order valence-corrected chi connectivity index (χ3v) is 4.23. The maximum atomic E-state index is 12.3. The zero-order valence-electron chi connectivity index (χ0n) is 15.2. The fourth-order valence-electron chi connectivity index (χ4n) is 2.78. The molecule has 29 heavy (non-hydrogen) atoms. The van der Waals surface area contributed by atoms with E-state index in [-0.39, 0.29) is 23.6 Å². The second-order valence-electron chi connectivity index (χ2n) is 6.23. The molecule has 0 aliphatic rings. The van der Waals surface area contributed by atoms with Gasteiger partial charge in [0.2, 0.25) is 0 Å². The minimum absolute atomic E-state index is 0.00995. The zero-order valence-corrected chi connectivity index (χ0v) is 15.2. The zero-order chi connectivity index (χ0) is 20.2. The van der Waals surface area contributed by atoms with E-state index in [2.05, 4.69) is 15.8 Å². The summed E-state index contributed by atoms with van der Waals surface area (Å²) < 4.78 is 6.91. The molecule has 0 radical (unpaired) electrons. The standard InChI is InChI=1S/C21H16N4O4/c26-19-7-3-4-12-25(19)13-15-9-11-18(29-15)21(28)24-23-20(27)17-10-8-14-5-1-2-6-16(14)22-17/h1-12H,13H2,(H,23,27)(H,24,28). The quantitative estimate of drug-likeness (QED) is 0.521. The fraction of sp³-hybridized carbons (Fsp3) is 0.0476. The Balaban J connectivity index is 1.39. The van der Waals surface area contributed by atoms with Crippen LogP contribution in [0.2, 0.25) is 0 Å². The van der Waals surface area contributed by atoms with Crippen molar-refractivity contribution >= 4 is 22.7 Å². The first-order valence-electron chi connectivity index (χ1n) is 8.81. The van der Waals surface area contributed by atoms with Crippen LogP contribution in [0.15, 0.2) is 82.1 Å². The first-order valence-corrected chi connectivity index (χ1v) is 8.81. The van der Waals surface area contributed by atoms with Gasteiger partial charge >= 0.3 is 5.91 Å². The molecule has 0 bridgehead atoms.